The van der Waals surface area contributed by atoms with Gasteiger partial charge in [0.25, 0.3) is 0 Å². The smallest absolute Gasteiger partial charge is 0.494 e. The molecule has 1 N–H and O–H groups in total. The van der Waals surface area contributed by atoms with Gasteiger partial charge in [-0.3, -0.25) is 0 Å². The topological polar surface area (TPSA) is 32.1 Å². The maximum atomic E-state index is 6.12. The van der Waals surface area contributed by atoms with Crippen LogP contribution in [-0.4, -0.2) is 44.6 Å². The molecule has 0 radical (unpaired) electrons. The quantitative estimate of drug-likeness (QED) is 0.636. The Morgan fingerprint density at radius 2 is 1.46 bits per heavy atom. The standard InChI is InChI=1S/C18H28BNO3.ClH/c1-14(20-10-12-21-13-11-20)15-6-8-16(9-7-15)19-22-17(2,3)18(4,5)23-19;/h6-9,14H,10-13H2,1-5H3;1H. The van der Waals surface area contributed by atoms with Gasteiger partial charge in [0.15, 0.2) is 0 Å². The number of benzene rings is 1. The van der Waals surface area contributed by atoms with Gasteiger partial charge in [-0.1, -0.05) is 24.3 Å². The Morgan fingerprint density at radius 1 is 0.958 bits per heavy atom. The van der Waals surface area contributed by atoms with Gasteiger partial charge in [0, 0.05) is 5.56 Å². The first-order valence-corrected chi connectivity index (χ1v) is 8.68. The Morgan fingerprint density at radius 3 is 1.96 bits per heavy atom. The summed E-state index contributed by atoms with van der Waals surface area (Å²) in [6.07, 6.45) is 0. The summed E-state index contributed by atoms with van der Waals surface area (Å²) in [4.78, 5) is 1.60. The van der Waals surface area contributed by atoms with Gasteiger partial charge in [0.1, 0.15) is 19.1 Å². The van der Waals surface area contributed by atoms with Crippen molar-refractivity contribution in [1.82, 2.24) is 0 Å². The predicted octanol–water partition coefficient (Wildman–Crippen LogP) is -2.03. The fourth-order valence-electron chi connectivity index (χ4n) is 3.22. The molecular weight excluding hydrogens is 324 g/mol. The third-order valence-corrected chi connectivity index (χ3v) is 5.71. The maximum absolute atomic E-state index is 6.12. The van der Waals surface area contributed by atoms with E-state index in [1.807, 2.05) is 0 Å². The summed E-state index contributed by atoms with van der Waals surface area (Å²) in [7, 11) is -0.278. The van der Waals surface area contributed by atoms with Crippen LogP contribution in [0.15, 0.2) is 24.3 Å². The second kappa shape index (κ2) is 7.34. The van der Waals surface area contributed by atoms with E-state index < -0.39 is 0 Å². The Balaban J connectivity index is 0.00000208. The minimum Gasteiger partial charge on any atom is -1.00 e. The average Bonchev–Trinajstić information content (AvgIpc) is 2.76. The van der Waals surface area contributed by atoms with E-state index in [0.29, 0.717) is 6.04 Å². The fourth-order valence-corrected chi connectivity index (χ4v) is 3.22. The number of nitrogens with one attached hydrogen (secondary N) is 1. The fraction of sp³-hybridized carbons (Fsp3) is 0.667. The molecular formula is C18H29BClNO3. The van der Waals surface area contributed by atoms with Crippen molar-refractivity contribution in [1.29, 1.82) is 0 Å². The normalized spacial score (nSPS) is 24.5. The molecule has 4 nitrogen and oxygen atoms in total. The van der Waals surface area contributed by atoms with E-state index in [4.69, 9.17) is 14.0 Å². The van der Waals surface area contributed by atoms with Crippen LogP contribution in [0.4, 0.5) is 0 Å². The molecule has 0 aliphatic carbocycles. The van der Waals surface area contributed by atoms with E-state index in [0.717, 1.165) is 31.8 Å². The molecule has 2 saturated heterocycles. The SMILES string of the molecule is CC(c1ccc(B2OC(C)(C)C(C)(C)O2)cc1)[NH+]1CCOCC1.[Cl-]. The van der Waals surface area contributed by atoms with E-state index in [1.165, 1.54) is 5.56 Å². The Bertz CT molecular complexity index is 528. The molecule has 0 bridgehead atoms. The highest BCUT2D eigenvalue weighted by Crippen LogP contribution is 2.36. The largest absolute Gasteiger partial charge is 1.00 e. The molecule has 0 saturated carbocycles. The second-order valence-corrected chi connectivity index (χ2v) is 7.75. The van der Waals surface area contributed by atoms with Gasteiger partial charge in [0.05, 0.1) is 24.4 Å². The summed E-state index contributed by atoms with van der Waals surface area (Å²) in [6, 6.07) is 9.22. The summed E-state index contributed by atoms with van der Waals surface area (Å²) < 4.78 is 17.7. The van der Waals surface area contributed by atoms with Crippen LogP contribution in [0.5, 0.6) is 0 Å². The number of rotatable bonds is 3. The lowest BCUT2D eigenvalue weighted by atomic mass is 9.78. The van der Waals surface area contributed by atoms with Gasteiger partial charge in [0.2, 0.25) is 0 Å². The van der Waals surface area contributed by atoms with E-state index in [-0.39, 0.29) is 30.7 Å². The first-order chi connectivity index (χ1) is 10.8. The highest BCUT2D eigenvalue weighted by Gasteiger charge is 2.51. The minimum absolute atomic E-state index is 0. The molecule has 134 valence electrons. The first kappa shape index (κ1) is 19.7. The number of halogens is 1. The Kier molecular flexibility index (Phi) is 6.04. The van der Waals surface area contributed by atoms with Crippen LogP contribution in [0.25, 0.3) is 0 Å². The molecule has 2 aliphatic heterocycles. The van der Waals surface area contributed by atoms with Crippen LogP contribution in [0.1, 0.15) is 46.2 Å². The lowest BCUT2D eigenvalue weighted by Gasteiger charge is -2.32. The average molecular weight is 354 g/mol. The zero-order chi connectivity index (χ0) is 16.7. The van der Waals surface area contributed by atoms with E-state index in [1.54, 1.807) is 4.90 Å². The van der Waals surface area contributed by atoms with Crippen molar-refractivity contribution < 1.29 is 31.4 Å². The second-order valence-electron chi connectivity index (χ2n) is 7.75. The van der Waals surface area contributed by atoms with Gasteiger partial charge in [-0.2, -0.15) is 0 Å². The predicted molar refractivity (Wildman–Crippen MR) is 92.1 cm³/mol. The molecule has 1 atom stereocenters. The van der Waals surface area contributed by atoms with Crippen molar-refractivity contribution in [2.24, 2.45) is 0 Å². The van der Waals surface area contributed by atoms with Crippen molar-refractivity contribution in [3.63, 3.8) is 0 Å². The van der Waals surface area contributed by atoms with Crippen LogP contribution in [0.2, 0.25) is 0 Å². The van der Waals surface area contributed by atoms with Gasteiger partial charge < -0.3 is 31.4 Å². The van der Waals surface area contributed by atoms with Crippen molar-refractivity contribution in [3.05, 3.63) is 29.8 Å². The summed E-state index contributed by atoms with van der Waals surface area (Å²) in [5.74, 6) is 0. The molecule has 1 aromatic rings. The molecule has 0 spiro atoms. The highest BCUT2D eigenvalue weighted by molar-refractivity contribution is 6.62. The molecule has 0 aromatic heterocycles. The first-order valence-electron chi connectivity index (χ1n) is 8.68. The van der Waals surface area contributed by atoms with Crippen molar-refractivity contribution in [3.8, 4) is 0 Å². The molecule has 2 fully saturated rings. The molecule has 2 aliphatic rings. The van der Waals surface area contributed by atoms with Crippen molar-refractivity contribution in [2.45, 2.75) is 51.9 Å². The lowest BCUT2D eigenvalue weighted by molar-refractivity contribution is -0.937. The van der Waals surface area contributed by atoms with Gasteiger partial charge in [-0.25, -0.2) is 0 Å². The molecule has 1 unspecified atom stereocenters. The van der Waals surface area contributed by atoms with E-state index in [2.05, 4.69) is 58.9 Å². The van der Waals surface area contributed by atoms with Crippen LogP contribution in [0.3, 0.4) is 0 Å². The summed E-state index contributed by atoms with van der Waals surface area (Å²) in [5, 5.41) is 0. The number of hydrogen-bond acceptors (Lipinski definition) is 3. The van der Waals surface area contributed by atoms with Gasteiger partial charge in [-0.05, 0) is 40.1 Å². The summed E-state index contributed by atoms with van der Waals surface area (Å²) >= 11 is 0. The van der Waals surface area contributed by atoms with Crippen LogP contribution < -0.4 is 22.8 Å². The van der Waals surface area contributed by atoms with Crippen molar-refractivity contribution >= 4 is 12.6 Å². The zero-order valence-electron chi connectivity index (χ0n) is 15.4. The van der Waals surface area contributed by atoms with Crippen LogP contribution in [-0.2, 0) is 14.0 Å². The monoisotopic (exact) mass is 353 g/mol. The number of quaternary nitrogens is 1. The van der Waals surface area contributed by atoms with Crippen LogP contribution in [0, 0.1) is 0 Å². The summed E-state index contributed by atoms with van der Waals surface area (Å²) in [5.41, 5.74) is 1.88. The molecule has 1 aromatic carbocycles. The van der Waals surface area contributed by atoms with Crippen LogP contribution >= 0.6 is 0 Å². The number of morpholine rings is 1. The summed E-state index contributed by atoms with van der Waals surface area (Å²) in [6.45, 7) is 14.6. The number of hydrogen-bond donors (Lipinski definition) is 1. The Labute approximate surface area is 152 Å². The molecule has 3 rings (SSSR count). The van der Waals surface area contributed by atoms with E-state index >= 15 is 0 Å². The Hall–Kier alpha value is -0.585. The third kappa shape index (κ3) is 3.81. The maximum Gasteiger partial charge on any atom is 0.494 e. The van der Waals surface area contributed by atoms with Gasteiger partial charge in [-0.15, -0.1) is 0 Å². The van der Waals surface area contributed by atoms with Crippen molar-refractivity contribution in [2.75, 3.05) is 26.3 Å². The molecule has 24 heavy (non-hydrogen) atoms. The number of ether oxygens (including phenoxy) is 1. The third-order valence-electron chi connectivity index (χ3n) is 5.71. The molecule has 6 heteroatoms. The minimum atomic E-state index is -0.290. The van der Waals surface area contributed by atoms with E-state index in [9.17, 15) is 0 Å². The van der Waals surface area contributed by atoms with Gasteiger partial charge >= 0.3 is 7.12 Å². The molecule has 0 amide bonds. The zero-order valence-corrected chi connectivity index (χ0v) is 16.2. The molecule has 2 heterocycles. The lowest BCUT2D eigenvalue weighted by Crippen LogP contribution is -3.14. The highest BCUT2D eigenvalue weighted by atomic mass is 35.5.